The number of nitrogens with one attached hydrogen (secondary N) is 1. The molecular weight excluding hydrogens is 266 g/mol. The van der Waals surface area contributed by atoms with Crippen molar-refractivity contribution in [1.29, 1.82) is 0 Å². The number of aromatic nitrogens is 1. The van der Waals surface area contributed by atoms with Gasteiger partial charge in [-0.25, -0.2) is 5.84 Å². The number of para-hydroxylation sites is 1. The van der Waals surface area contributed by atoms with Crippen molar-refractivity contribution in [3.63, 3.8) is 0 Å². The average Bonchev–Trinajstić information content (AvgIpc) is 2.84. The van der Waals surface area contributed by atoms with Gasteiger partial charge in [0.05, 0.1) is 12.1 Å². The van der Waals surface area contributed by atoms with Crippen LogP contribution in [0, 0.1) is 0 Å². The molecule has 1 aromatic heterocycles. The zero-order chi connectivity index (χ0) is 13.7. The summed E-state index contributed by atoms with van der Waals surface area (Å²) < 4.78 is 7.07. The quantitative estimate of drug-likeness (QED) is 0.476. The molecule has 0 saturated heterocycles. The van der Waals surface area contributed by atoms with E-state index in [4.69, 9.17) is 10.6 Å². The van der Waals surface area contributed by atoms with Crippen LogP contribution in [0.25, 0.3) is 0 Å². The van der Waals surface area contributed by atoms with Crippen LogP contribution in [0.4, 0.5) is 0 Å². The molecular formula is C12H13N3O3S. The highest BCUT2D eigenvalue weighted by Crippen LogP contribution is 2.17. The summed E-state index contributed by atoms with van der Waals surface area (Å²) in [6, 6.07) is 6.79. The predicted molar refractivity (Wildman–Crippen MR) is 72.2 cm³/mol. The largest absolute Gasteiger partial charge is 0.491 e. The Morgan fingerprint density at radius 3 is 2.89 bits per heavy atom. The number of rotatable bonds is 5. The molecule has 2 rings (SSSR count). The molecule has 2 aromatic rings. The fraction of sp³-hybridized carbons (Fsp3) is 0.167. The predicted octanol–water partition coefficient (Wildman–Crippen LogP) is 0.592. The minimum absolute atomic E-state index is 0.0309. The Morgan fingerprint density at radius 1 is 1.42 bits per heavy atom. The van der Waals surface area contributed by atoms with Crippen molar-refractivity contribution in [3.05, 3.63) is 51.1 Å². The second kappa shape index (κ2) is 6.17. The number of hydrazine groups is 1. The number of benzene rings is 1. The third kappa shape index (κ3) is 3.21. The Balaban J connectivity index is 2.02. The van der Waals surface area contributed by atoms with E-state index in [-0.39, 0.29) is 4.87 Å². The van der Waals surface area contributed by atoms with Crippen molar-refractivity contribution in [3.8, 4) is 5.75 Å². The van der Waals surface area contributed by atoms with Gasteiger partial charge in [0.25, 0.3) is 5.91 Å². The molecule has 0 radical (unpaired) electrons. The summed E-state index contributed by atoms with van der Waals surface area (Å²) in [4.78, 5) is 22.8. The van der Waals surface area contributed by atoms with Crippen LogP contribution in [0.5, 0.6) is 5.75 Å². The van der Waals surface area contributed by atoms with E-state index in [1.807, 2.05) is 0 Å². The molecule has 0 atom stereocenters. The Bertz CT molecular complexity index is 620. The minimum atomic E-state index is -0.414. The average molecular weight is 279 g/mol. The van der Waals surface area contributed by atoms with Crippen LogP contribution in [0.2, 0.25) is 0 Å². The summed E-state index contributed by atoms with van der Waals surface area (Å²) in [6.07, 6.45) is 1.70. The van der Waals surface area contributed by atoms with Gasteiger partial charge in [-0.05, 0) is 12.1 Å². The van der Waals surface area contributed by atoms with E-state index in [0.717, 1.165) is 11.3 Å². The van der Waals surface area contributed by atoms with Gasteiger partial charge in [0, 0.05) is 11.6 Å². The number of carbonyl (C=O) groups is 1. The molecule has 0 fully saturated rings. The number of ether oxygens (including phenoxy) is 1. The first kappa shape index (κ1) is 13.3. The van der Waals surface area contributed by atoms with Crippen LogP contribution in [0.15, 0.2) is 40.6 Å². The highest BCUT2D eigenvalue weighted by atomic mass is 32.1. The summed E-state index contributed by atoms with van der Waals surface area (Å²) in [7, 11) is 0. The zero-order valence-corrected chi connectivity index (χ0v) is 10.9. The van der Waals surface area contributed by atoms with E-state index in [1.54, 1.807) is 40.4 Å². The Morgan fingerprint density at radius 2 is 2.21 bits per heavy atom. The summed E-state index contributed by atoms with van der Waals surface area (Å²) in [5.74, 6) is 5.12. The number of hydrogen-bond donors (Lipinski definition) is 2. The lowest BCUT2D eigenvalue weighted by molar-refractivity contribution is 0.0949. The van der Waals surface area contributed by atoms with Gasteiger partial charge in [-0.15, -0.1) is 0 Å². The van der Waals surface area contributed by atoms with E-state index < -0.39 is 5.91 Å². The normalized spacial score (nSPS) is 10.2. The maximum Gasteiger partial charge on any atom is 0.307 e. The van der Waals surface area contributed by atoms with Crippen molar-refractivity contribution in [2.45, 2.75) is 6.54 Å². The van der Waals surface area contributed by atoms with Crippen molar-refractivity contribution in [2.24, 2.45) is 5.84 Å². The third-order valence-corrected chi connectivity index (χ3v) is 3.19. The van der Waals surface area contributed by atoms with Crippen molar-refractivity contribution >= 4 is 17.2 Å². The number of nitrogens with zero attached hydrogens (tertiary/aromatic N) is 1. The van der Waals surface area contributed by atoms with Crippen LogP contribution in [-0.4, -0.2) is 17.1 Å². The lowest BCUT2D eigenvalue weighted by Gasteiger charge is -2.10. The van der Waals surface area contributed by atoms with Gasteiger partial charge in [0.2, 0.25) is 0 Å². The van der Waals surface area contributed by atoms with Crippen LogP contribution in [-0.2, 0) is 6.54 Å². The monoisotopic (exact) mass is 279 g/mol. The van der Waals surface area contributed by atoms with E-state index in [1.165, 1.54) is 0 Å². The molecule has 3 N–H and O–H groups in total. The van der Waals surface area contributed by atoms with Crippen LogP contribution in [0.1, 0.15) is 10.4 Å². The molecule has 1 heterocycles. The number of thiazole rings is 1. The molecule has 0 spiro atoms. The topological polar surface area (TPSA) is 86.3 Å². The van der Waals surface area contributed by atoms with Gasteiger partial charge >= 0.3 is 4.87 Å². The van der Waals surface area contributed by atoms with Gasteiger partial charge in [-0.1, -0.05) is 23.5 Å². The lowest BCUT2D eigenvalue weighted by Crippen LogP contribution is -2.30. The number of hydrogen-bond acceptors (Lipinski definition) is 5. The Kier molecular flexibility index (Phi) is 4.32. The Labute approximate surface area is 113 Å². The van der Waals surface area contributed by atoms with Crippen molar-refractivity contribution in [1.82, 2.24) is 9.99 Å². The first-order valence-corrected chi connectivity index (χ1v) is 6.47. The summed E-state index contributed by atoms with van der Waals surface area (Å²) in [6.45, 7) is 0.729. The number of carbonyl (C=O) groups excluding carboxylic acids is 1. The van der Waals surface area contributed by atoms with Crippen molar-refractivity contribution < 1.29 is 9.53 Å². The second-order valence-corrected chi connectivity index (χ2v) is 4.54. The van der Waals surface area contributed by atoms with E-state index in [2.05, 4.69) is 5.43 Å². The van der Waals surface area contributed by atoms with Crippen LogP contribution in [0.3, 0.4) is 0 Å². The molecule has 0 aliphatic carbocycles. The third-order valence-electron chi connectivity index (χ3n) is 2.50. The first-order valence-electron chi connectivity index (χ1n) is 5.59. The molecule has 0 aliphatic rings. The van der Waals surface area contributed by atoms with E-state index >= 15 is 0 Å². The van der Waals surface area contributed by atoms with Crippen molar-refractivity contribution in [2.75, 3.05) is 6.61 Å². The van der Waals surface area contributed by atoms with Crippen LogP contribution >= 0.6 is 11.3 Å². The van der Waals surface area contributed by atoms with Gasteiger partial charge < -0.3 is 9.30 Å². The molecule has 100 valence electrons. The fourth-order valence-corrected chi connectivity index (χ4v) is 2.18. The van der Waals surface area contributed by atoms with Gasteiger partial charge in [-0.3, -0.25) is 15.0 Å². The molecule has 0 aliphatic heterocycles. The zero-order valence-electron chi connectivity index (χ0n) is 10.0. The lowest BCUT2D eigenvalue weighted by atomic mass is 10.2. The highest BCUT2D eigenvalue weighted by Gasteiger charge is 2.10. The second-order valence-electron chi connectivity index (χ2n) is 3.68. The van der Waals surface area contributed by atoms with Gasteiger partial charge in [0.15, 0.2) is 0 Å². The van der Waals surface area contributed by atoms with E-state index in [9.17, 15) is 9.59 Å². The fourth-order valence-electron chi connectivity index (χ4n) is 1.57. The molecule has 0 saturated carbocycles. The molecule has 7 heteroatoms. The summed E-state index contributed by atoms with van der Waals surface area (Å²) >= 11 is 1.13. The molecule has 19 heavy (non-hydrogen) atoms. The highest BCUT2D eigenvalue weighted by molar-refractivity contribution is 7.07. The number of amides is 1. The minimum Gasteiger partial charge on any atom is -0.491 e. The Hall–Kier alpha value is -2.12. The smallest absolute Gasteiger partial charge is 0.307 e. The maximum atomic E-state index is 11.5. The van der Waals surface area contributed by atoms with Gasteiger partial charge in [0.1, 0.15) is 12.4 Å². The standard InChI is InChI=1S/C12H13N3O3S/c13-14-11(16)9-3-1-2-4-10(9)18-7-5-15-6-8-19-12(15)17/h1-4,6,8H,5,7,13H2,(H,14,16). The molecule has 0 bridgehead atoms. The molecule has 0 unspecified atom stereocenters. The van der Waals surface area contributed by atoms with Gasteiger partial charge in [-0.2, -0.15) is 0 Å². The van der Waals surface area contributed by atoms with Crippen LogP contribution < -0.4 is 20.9 Å². The molecule has 1 aromatic carbocycles. The van der Waals surface area contributed by atoms with E-state index in [0.29, 0.717) is 24.5 Å². The maximum absolute atomic E-state index is 11.5. The number of nitrogens with two attached hydrogens (primary N) is 1. The molecule has 6 nitrogen and oxygen atoms in total. The summed E-state index contributed by atoms with van der Waals surface area (Å²) in [5, 5.41) is 1.72. The SMILES string of the molecule is NNC(=O)c1ccccc1OCCn1ccsc1=O. The number of nitrogen functional groups attached to an aromatic ring is 1. The summed E-state index contributed by atoms with van der Waals surface area (Å²) in [5.41, 5.74) is 2.43. The molecule has 1 amide bonds. The first-order chi connectivity index (χ1) is 9.22.